The molecule has 0 amide bonds. The zero-order valence-corrected chi connectivity index (χ0v) is 12.7. The first-order chi connectivity index (χ1) is 10.1. The predicted octanol–water partition coefficient (Wildman–Crippen LogP) is 5.08. The fourth-order valence-corrected chi connectivity index (χ4v) is 2.88. The lowest BCUT2D eigenvalue weighted by Crippen LogP contribution is -2.09. The summed E-state index contributed by atoms with van der Waals surface area (Å²) in [5, 5.41) is -0.357. The maximum absolute atomic E-state index is 13.4. The Balaban J connectivity index is 2.19. The van der Waals surface area contributed by atoms with Crippen LogP contribution >= 0.6 is 11.6 Å². The van der Waals surface area contributed by atoms with Crippen LogP contribution in [0.15, 0.2) is 48.5 Å². The second kappa shape index (κ2) is 5.49. The normalized spacial score (nSPS) is 13.0. The van der Waals surface area contributed by atoms with Gasteiger partial charge < -0.3 is 4.57 Å². The van der Waals surface area contributed by atoms with Gasteiger partial charge in [0.25, 0.3) is 0 Å². The molecule has 1 atom stereocenters. The first-order valence-corrected chi connectivity index (χ1v) is 7.38. The zero-order chi connectivity index (χ0) is 15.0. The van der Waals surface area contributed by atoms with Crippen LogP contribution in [0.5, 0.6) is 0 Å². The molecule has 1 unspecified atom stereocenters. The number of benzene rings is 2. The predicted molar refractivity (Wildman–Crippen MR) is 84.2 cm³/mol. The largest absolute Gasteiger partial charge is 0.324 e. The van der Waals surface area contributed by atoms with Gasteiger partial charge in [0, 0.05) is 12.1 Å². The molecule has 2 nitrogen and oxygen atoms in total. The van der Waals surface area contributed by atoms with Crippen LogP contribution < -0.4 is 0 Å². The molecule has 0 N–H and O–H groups in total. The minimum Gasteiger partial charge on any atom is -0.324 e. The van der Waals surface area contributed by atoms with Crippen molar-refractivity contribution in [2.24, 2.45) is 0 Å². The van der Waals surface area contributed by atoms with E-state index in [-0.39, 0.29) is 17.2 Å². The summed E-state index contributed by atoms with van der Waals surface area (Å²) in [6, 6.07) is 14.7. The average molecular weight is 303 g/mol. The molecule has 1 aromatic heterocycles. The van der Waals surface area contributed by atoms with E-state index in [0.29, 0.717) is 5.52 Å². The van der Waals surface area contributed by atoms with Gasteiger partial charge >= 0.3 is 0 Å². The summed E-state index contributed by atoms with van der Waals surface area (Å²) >= 11 is 6.62. The molecule has 0 radical (unpaired) electrons. The zero-order valence-electron chi connectivity index (χ0n) is 11.9. The second-order valence-corrected chi connectivity index (χ2v) is 5.78. The van der Waals surface area contributed by atoms with E-state index in [0.717, 1.165) is 16.9 Å². The Morgan fingerprint density at radius 1 is 1.10 bits per heavy atom. The van der Waals surface area contributed by atoms with Crippen molar-refractivity contribution in [2.45, 2.75) is 25.3 Å². The number of halogens is 2. The Kier molecular flexibility index (Phi) is 3.68. The van der Waals surface area contributed by atoms with Crippen LogP contribution in [0, 0.1) is 5.82 Å². The highest BCUT2D eigenvalue weighted by Crippen LogP contribution is 2.33. The number of fused-ring (bicyclic) bond motifs is 1. The summed E-state index contributed by atoms with van der Waals surface area (Å²) in [5.41, 5.74) is 2.53. The summed E-state index contributed by atoms with van der Waals surface area (Å²) in [7, 11) is 0. The topological polar surface area (TPSA) is 17.8 Å². The van der Waals surface area contributed by atoms with E-state index in [1.807, 2.05) is 30.3 Å². The Morgan fingerprint density at radius 2 is 1.81 bits per heavy atom. The Bertz CT molecular complexity index is 765. The Labute approximate surface area is 128 Å². The molecule has 0 spiro atoms. The molecule has 0 saturated carbocycles. The maximum atomic E-state index is 13.4. The van der Waals surface area contributed by atoms with Crippen LogP contribution in [-0.2, 0) is 0 Å². The number of nitrogens with zero attached hydrogens (tertiary/aromatic N) is 2. The van der Waals surface area contributed by atoms with Gasteiger partial charge in [0.1, 0.15) is 17.0 Å². The molecule has 0 aliphatic rings. The molecule has 3 rings (SSSR count). The molecule has 1 heterocycles. The van der Waals surface area contributed by atoms with E-state index in [4.69, 9.17) is 11.6 Å². The minimum absolute atomic E-state index is 0.195. The van der Waals surface area contributed by atoms with Crippen LogP contribution in [0.2, 0.25) is 0 Å². The minimum atomic E-state index is -0.357. The number of aromatic nitrogens is 2. The molecule has 0 aliphatic heterocycles. The van der Waals surface area contributed by atoms with Crippen molar-refractivity contribution in [2.75, 3.05) is 0 Å². The van der Waals surface area contributed by atoms with Crippen molar-refractivity contribution >= 4 is 22.6 Å². The molecule has 0 aliphatic carbocycles. The lowest BCUT2D eigenvalue weighted by molar-refractivity contribution is 0.588. The third-order valence-corrected chi connectivity index (χ3v) is 3.96. The van der Waals surface area contributed by atoms with E-state index in [1.165, 1.54) is 12.1 Å². The summed E-state index contributed by atoms with van der Waals surface area (Å²) in [4.78, 5) is 4.56. The van der Waals surface area contributed by atoms with Crippen molar-refractivity contribution in [3.8, 4) is 0 Å². The summed E-state index contributed by atoms with van der Waals surface area (Å²) < 4.78 is 15.5. The van der Waals surface area contributed by atoms with Gasteiger partial charge in [0.05, 0.1) is 11.0 Å². The number of imidazole rings is 1. The average Bonchev–Trinajstić information content (AvgIpc) is 2.85. The number of hydrogen-bond donors (Lipinski definition) is 0. The standard InChI is InChI=1S/C17H16ClFN2/c1-11(2)21-15-9-8-13(19)10-14(15)20-17(21)16(18)12-6-4-3-5-7-12/h3-11,16H,1-2H3. The fraction of sp³-hybridized carbons (Fsp3) is 0.235. The van der Waals surface area contributed by atoms with Crippen molar-refractivity contribution in [1.82, 2.24) is 9.55 Å². The first-order valence-electron chi connectivity index (χ1n) is 6.94. The van der Waals surface area contributed by atoms with Gasteiger partial charge in [0.2, 0.25) is 0 Å². The summed E-state index contributed by atoms with van der Waals surface area (Å²) in [5.74, 6) is 0.465. The highest BCUT2D eigenvalue weighted by atomic mass is 35.5. The molecule has 0 saturated heterocycles. The van der Waals surface area contributed by atoms with Crippen LogP contribution in [0.1, 0.15) is 36.7 Å². The lowest BCUT2D eigenvalue weighted by Gasteiger charge is -2.16. The van der Waals surface area contributed by atoms with Gasteiger partial charge in [0.15, 0.2) is 0 Å². The van der Waals surface area contributed by atoms with Crippen LogP contribution in [0.3, 0.4) is 0 Å². The van der Waals surface area contributed by atoms with Gasteiger partial charge in [-0.25, -0.2) is 9.37 Å². The first kappa shape index (κ1) is 14.1. The Morgan fingerprint density at radius 3 is 2.48 bits per heavy atom. The summed E-state index contributed by atoms with van der Waals surface area (Å²) in [6.45, 7) is 4.14. The quantitative estimate of drug-likeness (QED) is 0.617. The van der Waals surface area contributed by atoms with Crippen LogP contribution in [-0.4, -0.2) is 9.55 Å². The van der Waals surface area contributed by atoms with E-state index in [9.17, 15) is 4.39 Å². The highest BCUT2D eigenvalue weighted by Gasteiger charge is 2.21. The van der Waals surface area contributed by atoms with E-state index >= 15 is 0 Å². The Hall–Kier alpha value is -1.87. The van der Waals surface area contributed by atoms with Crippen molar-refractivity contribution in [1.29, 1.82) is 0 Å². The number of hydrogen-bond acceptors (Lipinski definition) is 1. The van der Waals surface area contributed by atoms with Crippen LogP contribution in [0.25, 0.3) is 11.0 Å². The van der Waals surface area contributed by atoms with Crippen molar-refractivity contribution in [3.63, 3.8) is 0 Å². The molecule has 108 valence electrons. The van der Waals surface area contributed by atoms with E-state index < -0.39 is 0 Å². The molecule has 3 aromatic rings. The van der Waals surface area contributed by atoms with E-state index in [2.05, 4.69) is 23.4 Å². The third-order valence-electron chi connectivity index (χ3n) is 3.51. The van der Waals surface area contributed by atoms with Crippen LogP contribution in [0.4, 0.5) is 4.39 Å². The van der Waals surface area contributed by atoms with Crippen molar-refractivity contribution < 1.29 is 4.39 Å². The SMILES string of the molecule is CC(C)n1c(C(Cl)c2ccccc2)nc2cc(F)ccc21. The van der Waals surface area contributed by atoms with Gasteiger partial charge in [-0.15, -0.1) is 11.6 Å². The molecule has 0 bridgehead atoms. The molecule has 0 fully saturated rings. The fourth-order valence-electron chi connectivity index (χ4n) is 2.58. The van der Waals surface area contributed by atoms with E-state index in [1.54, 1.807) is 6.07 Å². The lowest BCUT2D eigenvalue weighted by atomic mass is 10.1. The van der Waals surface area contributed by atoms with Gasteiger partial charge in [-0.3, -0.25) is 0 Å². The second-order valence-electron chi connectivity index (χ2n) is 5.34. The summed E-state index contributed by atoms with van der Waals surface area (Å²) in [6.07, 6.45) is 0. The smallest absolute Gasteiger partial charge is 0.132 e. The third kappa shape index (κ3) is 2.54. The molecular weight excluding hydrogens is 287 g/mol. The van der Waals surface area contributed by atoms with Gasteiger partial charge in [-0.2, -0.15) is 0 Å². The molecule has 2 aromatic carbocycles. The monoisotopic (exact) mass is 302 g/mol. The van der Waals surface area contributed by atoms with Gasteiger partial charge in [-0.05, 0) is 31.5 Å². The van der Waals surface area contributed by atoms with Crippen molar-refractivity contribution in [3.05, 3.63) is 65.7 Å². The number of rotatable bonds is 3. The molecule has 4 heteroatoms. The highest BCUT2D eigenvalue weighted by molar-refractivity contribution is 6.22. The molecule has 21 heavy (non-hydrogen) atoms. The maximum Gasteiger partial charge on any atom is 0.132 e. The number of alkyl halides is 1. The molecular formula is C17H16ClFN2. The van der Waals surface area contributed by atoms with Gasteiger partial charge in [-0.1, -0.05) is 30.3 Å².